The van der Waals surface area contributed by atoms with Crippen LogP contribution in [0.5, 0.6) is 23.0 Å². The Morgan fingerprint density at radius 1 is 0.970 bits per heavy atom. The van der Waals surface area contributed by atoms with Gasteiger partial charge in [0, 0.05) is 5.56 Å². The molecule has 3 rings (SSSR count). The van der Waals surface area contributed by atoms with Crippen molar-refractivity contribution in [3.8, 4) is 23.0 Å². The minimum Gasteiger partial charge on any atom is -0.493 e. The summed E-state index contributed by atoms with van der Waals surface area (Å²) in [4.78, 5) is 12.5. The van der Waals surface area contributed by atoms with Crippen LogP contribution in [0.4, 0.5) is 0 Å². The largest absolute Gasteiger partial charge is 0.493 e. The van der Waals surface area contributed by atoms with E-state index < -0.39 is 0 Å². The molecule has 33 heavy (non-hydrogen) atoms. The van der Waals surface area contributed by atoms with E-state index in [4.69, 9.17) is 18.9 Å². The molecule has 1 N–H and O–H groups in total. The summed E-state index contributed by atoms with van der Waals surface area (Å²) in [6.45, 7) is 2.82. The highest BCUT2D eigenvalue weighted by atomic mass is 127. The van der Waals surface area contributed by atoms with Gasteiger partial charge in [-0.25, -0.2) is 5.43 Å². The van der Waals surface area contributed by atoms with Gasteiger partial charge in [-0.2, -0.15) is 5.10 Å². The van der Waals surface area contributed by atoms with Crippen LogP contribution >= 0.6 is 22.6 Å². The fourth-order valence-electron chi connectivity index (χ4n) is 3.00. The Morgan fingerprint density at radius 2 is 1.73 bits per heavy atom. The van der Waals surface area contributed by atoms with Gasteiger partial charge in [0.05, 0.1) is 30.6 Å². The summed E-state index contributed by atoms with van der Waals surface area (Å²) in [6, 6.07) is 18.6. The summed E-state index contributed by atoms with van der Waals surface area (Å²) in [7, 11) is 3.11. The van der Waals surface area contributed by atoms with E-state index in [-0.39, 0.29) is 5.91 Å². The maximum absolute atomic E-state index is 12.5. The highest BCUT2D eigenvalue weighted by Crippen LogP contribution is 2.34. The average molecular weight is 560 g/mol. The number of halogens is 1. The molecule has 0 bridgehead atoms. The van der Waals surface area contributed by atoms with Crippen LogP contribution in [0.1, 0.15) is 28.4 Å². The zero-order chi connectivity index (χ0) is 23.6. The van der Waals surface area contributed by atoms with Crippen LogP contribution in [0.2, 0.25) is 0 Å². The molecule has 0 aromatic heterocycles. The fraction of sp³-hybridized carbons (Fsp3) is 0.200. The van der Waals surface area contributed by atoms with E-state index in [1.165, 1.54) is 7.11 Å². The summed E-state index contributed by atoms with van der Waals surface area (Å²) in [5.74, 6) is 1.94. The van der Waals surface area contributed by atoms with Crippen molar-refractivity contribution in [3.63, 3.8) is 0 Å². The van der Waals surface area contributed by atoms with Crippen LogP contribution in [0.15, 0.2) is 65.8 Å². The summed E-state index contributed by atoms with van der Waals surface area (Å²) in [5.41, 5.74) is 4.76. The molecule has 0 spiro atoms. The number of hydrazone groups is 1. The lowest BCUT2D eigenvalue weighted by Gasteiger charge is -2.13. The molecule has 3 aromatic carbocycles. The van der Waals surface area contributed by atoms with Crippen LogP contribution in [0.3, 0.4) is 0 Å². The number of rotatable bonds is 10. The summed E-state index contributed by atoms with van der Waals surface area (Å²) < 4.78 is 23.1. The van der Waals surface area contributed by atoms with Crippen LogP contribution in [0.25, 0.3) is 0 Å². The topological polar surface area (TPSA) is 78.4 Å². The van der Waals surface area contributed by atoms with Gasteiger partial charge in [0.1, 0.15) is 6.61 Å². The van der Waals surface area contributed by atoms with Crippen LogP contribution in [-0.4, -0.2) is 32.9 Å². The highest BCUT2D eigenvalue weighted by Gasteiger charge is 2.13. The third-order valence-electron chi connectivity index (χ3n) is 4.58. The second-order valence-electron chi connectivity index (χ2n) is 6.81. The Morgan fingerprint density at radius 3 is 2.42 bits per heavy atom. The van der Waals surface area contributed by atoms with E-state index in [9.17, 15) is 4.79 Å². The number of benzene rings is 3. The molecular formula is C25H25IN2O5. The molecule has 0 saturated heterocycles. The predicted molar refractivity (Wildman–Crippen MR) is 136 cm³/mol. The smallest absolute Gasteiger partial charge is 0.271 e. The number of hydrogen-bond acceptors (Lipinski definition) is 6. The maximum Gasteiger partial charge on any atom is 0.271 e. The Hall–Kier alpha value is -3.27. The first-order chi connectivity index (χ1) is 16.0. The number of nitrogens with zero attached hydrogens (tertiary/aromatic N) is 1. The Labute approximate surface area is 206 Å². The van der Waals surface area contributed by atoms with Gasteiger partial charge in [-0.1, -0.05) is 30.3 Å². The van der Waals surface area contributed by atoms with Crippen molar-refractivity contribution in [1.29, 1.82) is 0 Å². The molecule has 1 amide bonds. The number of ether oxygens (including phenoxy) is 4. The molecule has 172 valence electrons. The van der Waals surface area contributed by atoms with Crippen molar-refractivity contribution in [2.75, 3.05) is 20.8 Å². The van der Waals surface area contributed by atoms with E-state index in [1.807, 2.05) is 43.3 Å². The molecule has 0 aliphatic carbocycles. The minimum atomic E-state index is -0.364. The van der Waals surface area contributed by atoms with Gasteiger partial charge in [-0.05, 0) is 71.0 Å². The third kappa shape index (κ3) is 6.61. The zero-order valence-electron chi connectivity index (χ0n) is 18.6. The number of nitrogens with one attached hydrogen (secondary N) is 1. The van der Waals surface area contributed by atoms with E-state index in [0.717, 1.165) is 14.7 Å². The molecule has 3 aromatic rings. The normalized spacial score (nSPS) is 10.7. The van der Waals surface area contributed by atoms with Crippen molar-refractivity contribution >= 4 is 34.7 Å². The monoisotopic (exact) mass is 560 g/mol. The van der Waals surface area contributed by atoms with Gasteiger partial charge in [0.2, 0.25) is 0 Å². The molecule has 0 atom stereocenters. The molecule has 0 saturated carbocycles. The third-order valence-corrected chi connectivity index (χ3v) is 5.38. The standard InChI is InChI=1S/C25H25IN2O5/c1-4-32-21-11-10-19(14-22(21)30-2)25(29)28-27-15-18-12-20(26)24(23(13-18)31-3)33-16-17-8-6-5-7-9-17/h5-15H,4,16H2,1-3H3,(H,28,29)/b27-15+. The average Bonchev–Trinajstić information content (AvgIpc) is 2.84. The van der Waals surface area contributed by atoms with Crippen molar-refractivity contribution in [3.05, 3.63) is 80.9 Å². The van der Waals surface area contributed by atoms with Gasteiger partial charge in [-0.15, -0.1) is 0 Å². The van der Waals surface area contributed by atoms with Crippen LogP contribution in [-0.2, 0) is 6.61 Å². The van der Waals surface area contributed by atoms with E-state index >= 15 is 0 Å². The van der Waals surface area contributed by atoms with Crippen molar-refractivity contribution in [1.82, 2.24) is 5.43 Å². The lowest BCUT2D eigenvalue weighted by atomic mass is 10.2. The molecule has 8 heteroatoms. The van der Waals surface area contributed by atoms with Gasteiger partial charge < -0.3 is 18.9 Å². The molecule has 0 heterocycles. The molecular weight excluding hydrogens is 535 g/mol. The van der Waals surface area contributed by atoms with Gasteiger partial charge in [0.15, 0.2) is 23.0 Å². The number of hydrogen-bond donors (Lipinski definition) is 1. The molecule has 7 nitrogen and oxygen atoms in total. The molecule has 0 fully saturated rings. The lowest BCUT2D eigenvalue weighted by Crippen LogP contribution is -2.17. The van der Waals surface area contributed by atoms with Gasteiger partial charge in [0.25, 0.3) is 5.91 Å². The summed E-state index contributed by atoms with van der Waals surface area (Å²) >= 11 is 2.19. The van der Waals surface area contributed by atoms with Crippen molar-refractivity contribution < 1.29 is 23.7 Å². The Bertz CT molecular complexity index is 1120. The van der Waals surface area contributed by atoms with Crippen LogP contribution in [0, 0.1) is 3.57 Å². The number of carbonyl (C=O) groups is 1. The summed E-state index contributed by atoms with van der Waals surface area (Å²) in [6.07, 6.45) is 1.55. The Kier molecular flexibility index (Phi) is 8.94. The van der Waals surface area contributed by atoms with Crippen LogP contribution < -0.4 is 24.4 Å². The first-order valence-corrected chi connectivity index (χ1v) is 11.3. The SMILES string of the molecule is CCOc1ccc(C(=O)N/N=C/c2cc(I)c(OCc3ccccc3)c(OC)c2)cc1OC. The minimum absolute atomic E-state index is 0.364. The summed E-state index contributed by atoms with van der Waals surface area (Å²) in [5, 5.41) is 4.08. The highest BCUT2D eigenvalue weighted by molar-refractivity contribution is 14.1. The second-order valence-corrected chi connectivity index (χ2v) is 7.97. The van der Waals surface area contributed by atoms with Gasteiger partial charge in [-0.3, -0.25) is 4.79 Å². The first kappa shape index (κ1) is 24.4. The van der Waals surface area contributed by atoms with Crippen molar-refractivity contribution in [2.24, 2.45) is 5.10 Å². The molecule has 0 radical (unpaired) electrons. The number of amides is 1. The second kappa shape index (κ2) is 12.1. The number of methoxy groups -OCH3 is 2. The molecule has 0 aliphatic rings. The lowest BCUT2D eigenvalue weighted by molar-refractivity contribution is 0.0954. The fourth-order valence-corrected chi connectivity index (χ4v) is 3.78. The van der Waals surface area contributed by atoms with E-state index in [0.29, 0.717) is 41.8 Å². The van der Waals surface area contributed by atoms with Gasteiger partial charge >= 0.3 is 0 Å². The van der Waals surface area contributed by atoms with E-state index in [1.54, 1.807) is 37.6 Å². The Balaban J connectivity index is 1.68. The quantitative estimate of drug-likeness (QED) is 0.213. The van der Waals surface area contributed by atoms with E-state index in [2.05, 4.69) is 33.1 Å². The maximum atomic E-state index is 12.5. The molecule has 0 unspecified atom stereocenters. The van der Waals surface area contributed by atoms with Crippen molar-refractivity contribution in [2.45, 2.75) is 13.5 Å². The molecule has 0 aliphatic heterocycles. The number of carbonyl (C=O) groups excluding carboxylic acids is 1. The zero-order valence-corrected chi connectivity index (χ0v) is 20.8. The first-order valence-electron chi connectivity index (χ1n) is 10.2. The predicted octanol–water partition coefficient (Wildman–Crippen LogP) is 5.05.